The molecule has 0 aromatic carbocycles. The standard InChI is InChI=1S/C19H29N3O4S/c1-5-6-7-8-22-13-20-17-15(18(22)23)14(2)16(27-17)19(24)21(9-11-25-3)10-12-26-4/h13H,5-12H2,1-4H3. The average Bonchev–Trinajstić information content (AvgIpc) is 3.00. The number of aryl methyl sites for hydroxylation is 2. The van der Waals surface area contributed by atoms with Crippen molar-refractivity contribution in [2.75, 3.05) is 40.5 Å². The number of fused-ring (bicyclic) bond motifs is 1. The summed E-state index contributed by atoms with van der Waals surface area (Å²) in [5.74, 6) is -0.110. The van der Waals surface area contributed by atoms with E-state index >= 15 is 0 Å². The normalized spacial score (nSPS) is 11.3. The van der Waals surface area contributed by atoms with E-state index < -0.39 is 0 Å². The van der Waals surface area contributed by atoms with E-state index in [0.717, 1.165) is 19.3 Å². The molecular weight excluding hydrogens is 366 g/mol. The van der Waals surface area contributed by atoms with Crippen LogP contribution in [0, 0.1) is 6.92 Å². The number of ether oxygens (including phenoxy) is 2. The molecule has 0 N–H and O–H groups in total. The summed E-state index contributed by atoms with van der Waals surface area (Å²) in [6, 6.07) is 0. The summed E-state index contributed by atoms with van der Waals surface area (Å²) >= 11 is 1.28. The van der Waals surface area contributed by atoms with E-state index in [2.05, 4.69) is 11.9 Å². The summed E-state index contributed by atoms with van der Waals surface area (Å²) in [6.07, 6.45) is 4.71. The van der Waals surface area contributed by atoms with Gasteiger partial charge in [0.25, 0.3) is 11.5 Å². The number of methoxy groups -OCH3 is 2. The van der Waals surface area contributed by atoms with E-state index in [1.165, 1.54) is 11.3 Å². The zero-order valence-corrected chi connectivity index (χ0v) is 17.4. The molecule has 2 heterocycles. The number of amides is 1. The Kier molecular flexibility index (Phi) is 8.40. The lowest BCUT2D eigenvalue weighted by Crippen LogP contribution is -2.36. The Morgan fingerprint density at radius 1 is 1.22 bits per heavy atom. The number of aromatic nitrogens is 2. The summed E-state index contributed by atoms with van der Waals surface area (Å²) in [7, 11) is 3.21. The van der Waals surface area contributed by atoms with Crippen molar-refractivity contribution in [2.45, 2.75) is 39.7 Å². The molecule has 0 saturated carbocycles. The minimum Gasteiger partial charge on any atom is -0.383 e. The van der Waals surface area contributed by atoms with Gasteiger partial charge < -0.3 is 14.4 Å². The molecule has 0 unspecified atom stereocenters. The fraction of sp³-hybridized carbons (Fsp3) is 0.632. The molecule has 0 spiro atoms. The first-order valence-corrected chi connectivity index (χ1v) is 10.1. The molecule has 0 aliphatic rings. The highest BCUT2D eigenvalue weighted by Crippen LogP contribution is 2.28. The Balaban J connectivity index is 2.34. The molecule has 0 atom stereocenters. The summed E-state index contributed by atoms with van der Waals surface area (Å²) in [5, 5.41) is 0.556. The molecule has 27 heavy (non-hydrogen) atoms. The number of unbranched alkanes of at least 4 members (excludes halogenated alkanes) is 2. The van der Waals surface area contributed by atoms with Crippen LogP contribution in [0.5, 0.6) is 0 Å². The molecule has 150 valence electrons. The molecule has 0 fully saturated rings. The maximum Gasteiger partial charge on any atom is 0.264 e. The lowest BCUT2D eigenvalue weighted by molar-refractivity contribution is 0.0631. The van der Waals surface area contributed by atoms with Gasteiger partial charge in [0.15, 0.2) is 0 Å². The molecule has 2 rings (SSSR count). The van der Waals surface area contributed by atoms with Crippen molar-refractivity contribution in [1.29, 1.82) is 0 Å². The van der Waals surface area contributed by atoms with Gasteiger partial charge in [-0.3, -0.25) is 14.2 Å². The summed E-state index contributed by atoms with van der Waals surface area (Å²) in [6.45, 7) is 6.45. The highest BCUT2D eigenvalue weighted by atomic mass is 32.1. The number of hydrogen-bond acceptors (Lipinski definition) is 6. The van der Waals surface area contributed by atoms with Crippen molar-refractivity contribution in [1.82, 2.24) is 14.5 Å². The van der Waals surface area contributed by atoms with Crippen molar-refractivity contribution in [2.24, 2.45) is 0 Å². The summed E-state index contributed by atoms with van der Waals surface area (Å²) in [4.78, 5) is 33.2. The quantitative estimate of drug-likeness (QED) is 0.547. The first kappa shape index (κ1) is 21.5. The van der Waals surface area contributed by atoms with Crippen molar-refractivity contribution in [3.05, 3.63) is 27.1 Å². The number of nitrogens with zero attached hydrogens (tertiary/aromatic N) is 3. The predicted molar refractivity (Wildman–Crippen MR) is 108 cm³/mol. The number of rotatable bonds is 11. The van der Waals surface area contributed by atoms with E-state index in [1.807, 2.05) is 6.92 Å². The maximum absolute atomic E-state index is 13.0. The van der Waals surface area contributed by atoms with E-state index in [0.29, 0.717) is 53.5 Å². The van der Waals surface area contributed by atoms with Crippen LogP contribution < -0.4 is 5.56 Å². The Morgan fingerprint density at radius 3 is 2.48 bits per heavy atom. The average molecular weight is 396 g/mol. The second kappa shape index (κ2) is 10.5. The van der Waals surface area contributed by atoms with Gasteiger partial charge in [-0.1, -0.05) is 19.8 Å². The van der Waals surface area contributed by atoms with Crippen LogP contribution in [0.3, 0.4) is 0 Å². The van der Waals surface area contributed by atoms with E-state index in [4.69, 9.17) is 9.47 Å². The second-order valence-electron chi connectivity index (χ2n) is 6.46. The van der Waals surface area contributed by atoms with Crippen molar-refractivity contribution < 1.29 is 14.3 Å². The smallest absolute Gasteiger partial charge is 0.264 e. The van der Waals surface area contributed by atoms with Crippen LogP contribution >= 0.6 is 11.3 Å². The van der Waals surface area contributed by atoms with Crippen LogP contribution in [0.1, 0.15) is 41.4 Å². The van der Waals surface area contributed by atoms with Crippen LogP contribution in [0.4, 0.5) is 0 Å². The Hall–Kier alpha value is -1.77. The highest BCUT2D eigenvalue weighted by molar-refractivity contribution is 7.20. The molecule has 0 radical (unpaired) electrons. The first-order chi connectivity index (χ1) is 13.0. The third kappa shape index (κ3) is 5.15. The van der Waals surface area contributed by atoms with Gasteiger partial charge in [0.05, 0.1) is 29.8 Å². The van der Waals surface area contributed by atoms with E-state index in [-0.39, 0.29) is 11.5 Å². The van der Waals surface area contributed by atoms with Gasteiger partial charge in [-0.15, -0.1) is 11.3 Å². The van der Waals surface area contributed by atoms with Crippen LogP contribution in [-0.4, -0.2) is 60.9 Å². The highest BCUT2D eigenvalue weighted by Gasteiger charge is 2.23. The minimum atomic E-state index is -0.110. The zero-order valence-electron chi connectivity index (χ0n) is 16.6. The molecule has 0 aliphatic heterocycles. The van der Waals surface area contributed by atoms with Gasteiger partial charge in [0, 0.05) is 33.9 Å². The number of thiophene rings is 1. The van der Waals surface area contributed by atoms with Crippen LogP contribution in [-0.2, 0) is 16.0 Å². The third-order valence-corrected chi connectivity index (χ3v) is 5.72. The molecule has 8 heteroatoms. The van der Waals surface area contributed by atoms with Crippen LogP contribution in [0.25, 0.3) is 10.2 Å². The van der Waals surface area contributed by atoms with Crippen molar-refractivity contribution in [3.8, 4) is 0 Å². The molecule has 0 bridgehead atoms. The molecule has 2 aromatic heterocycles. The second-order valence-corrected chi connectivity index (χ2v) is 7.46. The zero-order chi connectivity index (χ0) is 19.8. The largest absolute Gasteiger partial charge is 0.383 e. The lowest BCUT2D eigenvalue weighted by Gasteiger charge is -2.21. The Morgan fingerprint density at radius 2 is 1.89 bits per heavy atom. The number of carbonyl (C=O) groups excluding carboxylic acids is 1. The molecule has 7 nitrogen and oxygen atoms in total. The fourth-order valence-electron chi connectivity index (χ4n) is 2.92. The maximum atomic E-state index is 13.0. The van der Waals surface area contributed by atoms with Crippen LogP contribution in [0.2, 0.25) is 0 Å². The Bertz CT molecular complexity index is 807. The number of hydrogen-bond donors (Lipinski definition) is 0. The van der Waals surface area contributed by atoms with Gasteiger partial charge in [-0.05, 0) is 18.9 Å². The van der Waals surface area contributed by atoms with Gasteiger partial charge in [-0.25, -0.2) is 4.98 Å². The summed E-state index contributed by atoms with van der Waals surface area (Å²) < 4.78 is 11.9. The van der Waals surface area contributed by atoms with Crippen molar-refractivity contribution >= 4 is 27.5 Å². The topological polar surface area (TPSA) is 73.7 Å². The molecule has 0 aliphatic carbocycles. The van der Waals surface area contributed by atoms with E-state index in [1.54, 1.807) is 30.0 Å². The summed E-state index contributed by atoms with van der Waals surface area (Å²) in [5.41, 5.74) is 0.645. The molecule has 1 amide bonds. The first-order valence-electron chi connectivity index (χ1n) is 9.30. The van der Waals surface area contributed by atoms with Gasteiger partial charge in [0.2, 0.25) is 0 Å². The monoisotopic (exact) mass is 395 g/mol. The minimum absolute atomic E-state index is 0.0655. The number of carbonyl (C=O) groups is 1. The third-order valence-electron chi connectivity index (χ3n) is 4.53. The predicted octanol–water partition coefficient (Wildman–Crippen LogP) is 2.69. The van der Waals surface area contributed by atoms with E-state index in [9.17, 15) is 9.59 Å². The van der Waals surface area contributed by atoms with Crippen molar-refractivity contribution in [3.63, 3.8) is 0 Å². The molecule has 0 saturated heterocycles. The molecular formula is C19H29N3O4S. The molecule has 2 aromatic rings. The van der Waals surface area contributed by atoms with Gasteiger partial charge >= 0.3 is 0 Å². The SMILES string of the molecule is CCCCCn1cnc2sc(C(=O)N(CCOC)CCOC)c(C)c2c1=O. The lowest BCUT2D eigenvalue weighted by atomic mass is 10.2. The Labute approximate surface area is 163 Å². The van der Waals surface area contributed by atoms with Gasteiger partial charge in [-0.2, -0.15) is 0 Å². The van der Waals surface area contributed by atoms with Crippen LogP contribution in [0.15, 0.2) is 11.1 Å². The van der Waals surface area contributed by atoms with Gasteiger partial charge in [0.1, 0.15) is 4.83 Å². The fourth-order valence-corrected chi connectivity index (χ4v) is 4.02.